The van der Waals surface area contributed by atoms with E-state index in [1.54, 1.807) is 0 Å². The summed E-state index contributed by atoms with van der Waals surface area (Å²) in [7, 11) is 1.96. The van der Waals surface area contributed by atoms with Gasteiger partial charge in [-0.1, -0.05) is 20.8 Å². The summed E-state index contributed by atoms with van der Waals surface area (Å²) in [4.78, 5) is 13.4. The Morgan fingerprint density at radius 2 is 1.94 bits per heavy atom. The molecule has 0 aromatic carbocycles. The highest BCUT2D eigenvalue weighted by atomic mass is 16.4. The van der Waals surface area contributed by atoms with E-state index in [0.29, 0.717) is 12.6 Å². The molecule has 0 heterocycles. The molecule has 0 bridgehead atoms. The van der Waals surface area contributed by atoms with Crippen LogP contribution in [0.15, 0.2) is 0 Å². The summed E-state index contributed by atoms with van der Waals surface area (Å²) < 4.78 is 0. The number of nitrogens with two attached hydrogens (primary N) is 1. The van der Waals surface area contributed by atoms with Gasteiger partial charge in [0.25, 0.3) is 0 Å². The third kappa shape index (κ3) is 3.19. The number of likely N-dealkylation sites (N-methyl/N-ethyl adjacent to an activating group) is 1. The molecule has 1 rings (SSSR count). The quantitative estimate of drug-likeness (QED) is 0.767. The van der Waals surface area contributed by atoms with E-state index in [2.05, 4.69) is 32.6 Å². The highest BCUT2D eigenvalue weighted by Gasteiger charge is 2.49. The van der Waals surface area contributed by atoms with Gasteiger partial charge in [0.15, 0.2) is 0 Å². The zero-order valence-corrected chi connectivity index (χ0v) is 11.7. The van der Waals surface area contributed by atoms with Crippen molar-refractivity contribution >= 4 is 5.97 Å². The zero-order valence-electron chi connectivity index (χ0n) is 11.7. The van der Waals surface area contributed by atoms with Crippen molar-refractivity contribution in [3.8, 4) is 0 Å². The minimum Gasteiger partial charge on any atom is -0.480 e. The van der Waals surface area contributed by atoms with Crippen molar-refractivity contribution in [2.75, 3.05) is 13.6 Å². The topological polar surface area (TPSA) is 66.6 Å². The lowest BCUT2D eigenvalue weighted by Gasteiger charge is -2.39. The van der Waals surface area contributed by atoms with E-state index in [9.17, 15) is 9.90 Å². The Morgan fingerprint density at radius 3 is 2.24 bits per heavy atom. The number of hydrogen-bond acceptors (Lipinski definition) is 3. The first kappa shape index (κ1) is 14.5. The van der Waals surface area contributed by atoms with Crippen LogP contribution in [0, 0.1) is 11.3 Å². The van der Waals surface area contributed by atoms with Crippen molar-refractivity contribution in [3.05, 3.63) is 0 Å². The van der Waals surface area contributed by atoms with Crippen molar-refractivity contribution in [3.63, 3.8) is 0 Å². The van der Waals surface area contributed by atoms with Gasteiger partial charge < -0.3 is 15.7 Å². The van der Waals surface area contributed by atoms with E-state index in [1.807, 2.05) is 7.05 Å². The molecule has 2 atom stereocenters. The maximum Gasteiger partial charge on any atom is 0.325 e. The number of carboxylic acids is 1. The smallest absolute Gasteiger partial charge is 0.325 e. The van der Waals surface area contributed by atoms with Gasteiger partial charge in [0.1, 0.15) is 5.54 Å². The highest BCUT2D eigenvalue weighted by Crippen LogP contribution is 2.39. The van der Waals surface area contributed by atoms with Crippen LogP contribution in [-0.4, -0.2) is 41.1 Å². The van der Waals surface area contributed by atoms with Crippen LogP contribution in [0.4, 0.5) is 0 Å². The summed E-state index contributed by atoms with van der Waals surface area (Å²) in [5.74, 6) is -0.720. The summed E-state index contributed by atoms with van der Waals surface area (Å²) in [6.07, 6.45) is 1.89. The lowest BCUT2D eigenvalue weighted by Crippen LogP contribution is -2.59. The van der Waals surface area contributed by atoms with Gasteiger partial charge in [-0.15, -0.1) is 0 Å². The second-order valence-corrected chi connectivity index (χ2v) is 6.58. The SMILES string of the molecule is CC(N(C)CC(N)(C(=O)O)C1CC1)C(C)(C)C. The minimum absolute atomic E-state index is 0.123. The van der Waals surface area contributed by atoms with E-state index in [-0.39, 0.29) is 11.3 Å². The van der Waals surface area contributed by atoms with Crippen LogP contribution in [0.3, 0.4) is 0 Å². The Labute approximate surface area is 104 Å². The summed E-state index contributed by atoms with van der Waals surface area (Å²) in [6, 6.07) is 0.295. The highest BCUT2D eigenvalue weighted by molar-refractivity contribution is 5.79. The summed E-state index contributed by atoms with van der Waals surface area (Å²) in [5, 5.41) is 9.32. The molecule has 0 spiro atoms. The van der Waals surface area contributed by atoms with Crippen molar-refractivity contribution in [1.82, 2.24) is 4.90 Å². The number of carbonyl (C=O) groups is 1. The number of nitrogens with zero attached hydrogens (tertiary/aromatic N) is 1. The first-order chi connectivity index (χ1) is 7.59. The zero-order chi connectivity index (χ0) is 13.4. The average Bonchev–Trinajstić information content (AvgIpc) is 2.97. The number of aliphatic carboxylic acids is 1. The molecule has 0 aliphatic heterocycles. The maximum absolute atomic E-state index is 11.4. The van der Waals surface area contributed by atoms with Crippen LogP contribution in [0.1, 0.15) is 40.5 Å². The molecule has 1 fully saturated rings. The van der Waals surface area contributed by atoms with Crippen molar-refractivity contribution in [1.29, 1.82) is 0 Å². The van der Waals surface area contributed by atoms with Crippen LogP contribution >= 0.6 is 0 Å². The van der Waals surface area contributed by atoms with E-state index >= 15 is 0 Å². The Hall–Kier alpha value is -0.610. The van der Waals surface area contributed by atoms with Gasteiger partial charge in [-0.3, -0.25) is 4.79 Å². The fourth-order valence-electron chi connectivity index (χ4n) is 2.18. The normalized spacial score (nSPS) is 22.3. The second kappa shape index (κ2) is 4.58. The molecule has 0 aromatic rings. The van der Waals surface area contributed by atoms with Gasteiger partial charge in [0.2, 0.25) is 0 Å². The van der Waals surface area contributed by atoms with Gasteiger partial charge >= 0.3 is 5.97 Å². The molecular formula is C13H26N2O2. The van der Waals surface area contributed by atoms with Gasteiger partial charge in [-0.25, -0.2) is 0 Å². The molecule has 0 radical (unpaired) electrons. The Balaban J connectivity index is 2.71. The summed E-state index contributed by atoms with van der Waals surface area (Å²) >= 11 is 0. The molecule has 1 saturated carbocycles. The minimum atomic E-state index is -1.08. The predicted molar refractivity (Wildman–Crippen MR) is 68.8 cm³/mol. The lowest BCUT2D eigenvalue weighted by atomic mass is 9.85. The molecule has 4 nitrogen and oxygen atoms in total. The first-order valence-electron chi connectivity index (χ1n) is 6.31. The van der Waals surface area contributed by atoms with Crippen molar-refractivity contribution in [2.45, 2.75) is 52.1 Å². The summed E-state index contributed by atoms with van der Waals surface area (Å²) in [6.45, 7) is 9.01. The van der Waals surface area contributed by atoms with E-state index in [1.165, 1.54) is 0 Å². The third-order valence-corrected chi connectivity index (χ3v) is 4.13. The molecule has 4 heteroatoms. The molecule has 3 N–H and O–H groups in total. The van der Waals surface area contributed by atoms with E-state index in [0.717, 1.165) is 12.8 Å². The number of rotatable bonds is 5. The summed E-state index contributed by atoms with van der Waals surface area (Å²) in [5.41, 5.74) is 5.13. The standard InChI is InChI=1S/C13H26N2O2/c1-9(12(2,3)4)15(5)8-13(14,11(16)17)10-6-7-10/h9-10H,6-8,14H2,1-5H3,(H,16,17). The largest absolute Gasteiger partial charge is 0.480 e. The van der Waals surface area contributed by atoms with Gasteiger partial charge in [-0.05, 0) is 38.1 Å². The first-order valence-corrected chi connectivity index (χ1v) is 6.31. The van der Waals surface area contributed by atoms with Crippen molar-refractivity contribution < 1.29 is 9.90 Å². The second-order valence-electron chi connectivity index (χ2n) is 6.58. The predicted octanol–water partition coefficient (Wildman–Crippen LogP) is 1.54. The van der Waals surface area contributed by atoms with Crippen LogP contribution in [0.5, 0.6) is 0 Å². The van der Waals surface area contributed by atoms with Crippen molar-refractivity contribution in [2.24, 2.45) is 17.1 Å². The van der Waals surface area contributed by atoms with Crippen LogP contribution in [0.2, 0.25) is 0 Å². The average molecular weight is 242 g/mol. The molecule has 0 saturated heterocycles. The Kier molecular flexibility index (Phi) is 3.89. The molecule has 17 heavy (non-hydrogen) atoms. The molecule has 2 unspecified atom stereocenters. The molecule has 1 aliphatic rings. The van der Waals surface area contributed by atoms with E-state index < -0.39 is 11.5 Å². The van der Waals surface area contributed by atoms with E-state index in [4.69, 9.17) is 5.73 Å². The molecule has 1 aliphatic carbocycles. The van der Waals surface area contributed by atoms with Crippen LogP contribution in [-0.2, 0) is 4.79 Å². The fourth-order valence-corrected chi connectivity index (χ4v) is 2.18. The molecular weight excluding hydrogens is 216 g/mol. The van der Waals surface area contributed by atoms with Gasteiger partial charge in [0, 0.05) is 12.6 Å². The van der Waals surface area contributed by atoms with Crippen LogP contribution in [0.25, 0.3) is 0 Å². The van der Waals surface area contributed by atoms with Gasteiger partial charge in [0.05, 0.1) is 0 Å². The number of hydrogen-bond donors (Lipinski definition) is 2. The third-order valence-electron chi connectivity index (χ3n) is 4.13. The lowest BCUT2D eigenvalue weighted by molar-refractivity contribution is -0.145. The maximum atomic E-state index is 11.4. The molecule has 0 aromatic heterocycles. The fraction of sp³-hybridized carbons (Fsp3) is 0.923. The Morgan fingerprint density at radius 1 is 1.47 bits per heavy atom. The van der Waals surface area contributed by atoms with Gasteiger partial charge in [-0.2, -0.15) is 0 Å². The molecule has 100 valence electrons. The Bertz CT molecular complexity index is 294. The molecule has 0 amide bonds. The number of carboxylic acid groups (broad SMARTS) is 1. The van der Waals surface area contributed by atoms with Crippen LogP contribution < -0.4 is 5.73 Å². The monoisotopic (exact) mass is 242 g/mol.